The molecule has 0 spiro atoms. The first-order valence-corrected chi connectivity index (χ1v) is 8.17. The molecule has 23 heavy (non-hydrogen) atoms. The minimum atomic E-state index is -0.532. The molecule has 1 aromatic rings. The molecular formula is C17H19ClN2O3. The van der Waals surface area contributed by atoms with Crippen molar-refractivity contribution in [2.45, 2.75) is 44.8 Å². The van der Waals surface area contributed by atoms with Gasteiger partial charge in [-0.15, -0.1) is 0 Å². The highest BCUT2D eigenvalue weighted by molar-refractivity contribution is 6.30. The lowest BCUT2D eigenvalue weighted by Gasteiger charge is -2.28. The maximum absolute atomic E-state index is 12.6. The monoisotopic (exact) mass is 334 g/mol. The molecule has 5 nitrogen and oxygen atoms in total. The Morgan fingerprint density at radius 1 is 1.22 bits per heavy atom. The van der Waals surface area contributed by atoms with E-state index in [-0.39, 0.29) is 18.1 Å². The number of ether oxygens (including phenoxy) is 1. The minimum Gasteiger partial charge on any atom is -0.459 e. The highest BCUT2D eigenvalue weighted by atomic mass is 35.5. The zero-order valence-corrected chi connectivity index (χ0v) is 13.7. The van der Waals surface area contributed by atoms with E-state index in [4.69, 9.17) is 16.3 Å². The molecule has 0 bridgehead atoms. The number of rotatable bonds is 3. The highest BCUT2D eigenvalue weighted by Gasteiger charge is 2.33. The molecule has 1 aliphatic carbocycles. The summed E-state index contributed by atoms with van der Waals surface area (Å²) in [4.78, 5) is 24.4. The SMILES string of the molecule is CC1=C(C(=O)OC2CCCC2)[C@@H](c2ccc(Cl)cc2)NC(=O)N1. The van der Waals surface area contributed by atoms with Gasteiger partial charge in [-0.25, -0.2) is 9.59 Å². The first-order valence-electron chi connectivity index (χ1n) is 7.79. The molecule has 122 valence electrons. The van der Waals surface area contributed by atoms with Crippen LogP contribution in [0.25, 0.3) is 0 Å². The van der Waals surface area contributed by atoms with Gasteiger partial charge in [0.05, 0.1) is 11.6 Å². The Hall–Kier alpha value is -2.01. The van der Waals surface area contributed by atoms with Crippen LogP contribution in [0.3, 0.4) is 0 Å². The number of allylic oxidation sites excluding steroid dienone is 1. The van der Waals surface area contributed by atoms with E-state index < -0.39 is 6.04 Å². The second-order valence-electron chi connectivity index (χ2n) is 5.93. The Bertz CT molecular complexity index is 648. The molecule has 1 heterocycles. The van der Waals surface area contributed by atoms with Crippen LogP contribution in [0.5, 0.6) is 0 Å². The normalized spacial score (nSPS) is 21.8. The maximum Gasteiger partial charge on any atom is 0.338 e. The average molecular weight is 335 g/mol. The Kier molecular flexibility index (Phi) is 4.57. The summed E-state index contributed by atoms with van der Waals surface area (Å²) in [6.07, 6.45) is 3.97. The van der Waals surface area contributed by atoms with E-state index in [2.05, 4.69) is 10.6 Å². The van der Waals surface area contributed by atoms with Gasteiger partial charge in [0.2, 0.25) is 0 Å². The Labute approximate surface area is 140 Å². The summed E-state index contributed by atoms with van der Waals surface area (Å²) in [7, 11) is 0. The predicted octanol–water partition coefficient (Wildman–Crippen LogP) is 3.45. The quantitative estimate of drug-likeness (QED) is 0.832. The number of halogens is 1. The zero-order valence-electron chi connectivity index (χ0n) is 12.9. The number of hydrogen-bond acceptors (Lipinski definition) is 3. The number of hydrogen-bond donors (Lipinski definition) is 2. The molecule has 6 heteroatoms. The third kappa shape index (κ3) is 3.50. The van der Waals surface area contributed by atoms with Crippen LogP contribution in [0.1, 0.15) is 44.2 Å². The van der Waals surface area contributed by atoms with E-state index >= 15 is 0 Å². The molecule has 3 rings (SSSR count). The van der Waals surface area contributed by atoms with Crippen LogP contribution >= 0.6 is 11.6 Å². The van der Waals surface area contributed by atoms with Crippen molar-refractivity contribution in [1.82, 2.24) is 10.6 Å². The van der Waals surface area contributed by atoms with Gasteiger partial charge < -0.3 is 15.4 Å². The summed E-state index contributed by atoms with van der Waals surface area (Å²) in [5.41, 5.74) is 1.76. The number of urea groups is 1. The van der Waals surface area contributed by atoms with Crippen molar-refractivity contribution in [3.63, 3.8) is 0 Å². The van der Waals surface area contributed by atoms with Gasteiger partial charge in [0.1, 0.15) is 6.10 Å². The van der Waals surface area contributed by atoms with Crippen LogP contribution in [-0.4, -0.2) is 18.1 Å². The zero-order chi connectivity index (χ0) is 16.4. The molecular weight excluding hydrogens is 316 g/mol. The van der Waals surface area contributed by atoms with Crippen molar-refractivity contribution in [2.24, 2.45) is 0 Å². The molecule has 2 N–H and O–H groups in total. The Balaban J connectivity index is 1.88. The minimum absolute atomic E-state index is 0.0219. The van der Waals surface area contributed by atoms with Crippen molar-refractivity contribution in [2.75, 3.05) is 0 Å². The summed E-state index contributed by atoms with van der Waals surface area (Å²) in [6, 6.07) is 6.21. The standard InChI is InChI=1S/C17H19ClN2O3/c1-10-14(16(21)23-13-4-2-3-5-13)15(20-17(22)19-10)11-6-8-12(18)9-7-11/h6-9,13,15H,2-5H2,1H3,(H2,19,20,22)/t15-/m1/s1. The molecule has 0 aromatic heterocycles. The van der Waals surface area contributed by atoms with Gasteiger partial charge in [0.25, 0.3) is 0 Å². The predicted molar refractivity (Wildman–Crippen MR) is 86.9 cm³/mol. The summed E-state index contributed by atoms with van der Waals surface area (Å²) >= 11 is 5.92. The second kappa shape index (κ2) is 6.62. The number of esters is 1. The van der Waals surface area contributed by atoms with E-state index in [0.29, 0.717) is 16.3 Å². The van der Waals surface area contributed by atoms with Crippen molar-refractivity contribution in [3.8, 4) is 0 Å². The summed E-state index contributed by atoms with van der Waals surface area (Å²) < 4.78 is 5.62. The van der Waals surface area contributed by atoms with Gasteiger partial charge in [0.15, 0.2) is 0 Å². The van der Waals surface area contributed by atoms with Gasteiger partial charge in [-0.1, -0.05) is 23.7 Å². The molecule has 0 radical (unpaired) electrons. The second-order valence-corrected chi connectivity index (χ2v) is 6.37. The van der Waals surface area contributed by atoms with Crippen molar-refractivity contribution in [1.29, 1.82) is 0 Å². The van der Waals surface area contributed by atoms with Crippen LogP contribution in [0.2, 0.25) is 5.02 Å². The molecule has 1 saturated carbocycles. The van der Waals surface area contributed by atoms with E-state index in [1.54, 1.807) is 31.2 Å². The third-order valence-electron chi connectivity index (χ3n) is 4.27. The summed E-state index contributed by atoms with van der Waals surface area (Å²) in [5, 5.41) is 6.04. The topological polar surface area (TPSA) is 67.4 Å². The fourth-order valence-electron chi connectivity index (χ4n) is 3.09. The molecule has 0 unspecified atom stereocenters. The van der Waals surface area contributed by atoms with E-state index in [9.17, 15) is 9.59 Å². The van der Waals surface area contributed by atoms with Gasteiger partial charge >= 0.3 is 12.0 Å². The smallest absolute Gasteiger partial charge is 0.338 e. The number of benzene rings is 1. The number of carbonyl (C=O) groups is 2. The van der Waals surface area contributed by atoms with Crippen molar-refractivity contribution in [3.05, 3.63) is 46.1 Å². The number of carbonyl (C=O) groups excluding carboxylic acids is 2. The average Bonchev–Trinajstić information content (AvgIpc) is 3.00. The lowest BCUT2D eigenvalue weighted by molar-refractivity contribution is -0.144. The fourth-order valence-corrected chi connectivity index (χ4v) is 3.22. The first kappa shape index (κ1) is 15.9. The molecule has 0 saturated heterocycles. The number of nitrogens with one attached hydrogen (secondary N) is 2. The maximum atomic E-state index is 12.6. The molecule has 1 aromatic carbocycles. The fraction of sp³-hybridized carbons (Fsp3) is 0.412. The summed E-state index contributed by atoms with van der Waals surface area (Å²) in [5.74, 6) is -0.373. The van der Waals surface area contributed by atoms with Crippen LogP contribution in [0.15, 0.2) is 35.5 Å². The Morgan fingerprint density at radius 3 is 2.52 bits per heavy atom. The van der Waals surface area contributed by atoms with Gasteiger partial charge in [-0.05, 0) is 50.3 Å². The van der Waals surface area contributed by atoms with Crippen LogP contribution in [0.4, 0.5) is 4.79 Å². The van der Waals surface area contributed by atoms with Crippen LogP contribution < -0.4 is 10.6 Å². The highest BCUT2D eigenvalue weighted by Crippen LogP contribution is 2.30. The Morgan fingerprint density at radius 2 is 1.87 bits per heavy atom. The first-order chi connectivity index (χ1) is 11.0. The van der Waals surface area contributed by atoms with Crippen molar-refractivity contribution < 1.29 is 14.3 Å². The molecule has 1 atom stereocenters. The van der Waals surface area contributed by atoms with Gasteiger partial charge in [-0.3, -0.25) is 0 Å². The van der Waals surface area contributed by atoms with E-state index in [0.717, 1.165) is 31.2 Å². The molecule has 2 amide bonds. The van der Waals surface area contributed by atoms with E-state index in [1.807, 2.05) is 0 Å². The molecule has 1 aliphatic heterocycles. The molecule has 2 aliphatic rings. The van der Waals surface area contributed by atoms with Gasteiger partial charge in [0, 0.05) is 10.7 Å². The molecule has 1 fully saturated rings. The lowest BCUT2D eigenvalue weighted by atomic mass is 9.95. The van der Waals surface area contributed by atoms with Crippen LogP contribution in [0, 0.1) is 0 Å². The summed E-state index contributed by atoms with van der Waals surface area (Å²) in [6.45, 7) is 1.72. The van der Waals surface area contributed by atoms with Crippen LogP contribution in [-0.2, 0) is 9.53 Å². The third-order valence-corrected chi connectivity index (χ3v) is 4.52. The lowest BCUT2D eigenvalue weighted by Crippen LogP contribution is -2.45. The van der Waals surface area contributed by atoms with E-state index in [1.165, 1.54) is 0 Å². The van der Waals surface area contributed by atoms with Gasteiger partial charge in [-0.2, -0.15) is 0 Å². The number of amides is 2. The largest absolute Gasteiger partial charge is 0.459 e. The van der Waals surface area contributed by atoms with Crippen molar-refractivity contribution >= 4 is 23.6 Å².